The van der Waals surface area contributed by atoms with Gasteiger partial charge in [0.25, 0.3) is 5.91 Å². The molecule has 1 heterocycles. The maximum absolute atomic E-state index is 13.7. The number of alkyl halides is 3. The highest BCUT2D eigenvalue weighted by Gasteiger charge is 2.66. The number of methoxy groups -OCH3 is 1. The fraction of sp³-hybridized carbons (Fsp3) is 0.407. The van der Waals surface area contributed by atoms with Gasteiger partial charge in [-0.15, -0.1) is 0 Å². The van der Waals surface area contributed by atoms with E-state index in [1.807, 2.05) is 24.3 Å². The maximum atomic E-state index is 13.7. The third-order valence-corrected chi connectivity index (χ3v) is 7.67. The van der Waals surface area contributed by atoms with Gasteiger partial charge in [-0.2, -0.15) is 18.4 Å². The van der Waals surface area contributed by atoms with Crippen molar-refractivity contribution >= 4 is 17.8 Å². The first-order chi connectivity index (χ1) is 18.4. The van der Waals surface area contributed by atoms with Crippen LogP contribution in [0.2, 0.25) is 0 Å². The summed E-state index contributed by atoms with van der Waals surface area (Å²) in [4.78, 5) is 28.9. The summed E-state index contributed by atoms with van der Waals surface area (Å²) in [6, 6.07) is 15.0. The van der Waals surface area contributed by atoms with Crippen molar-refractivity contribution < 1.29 is 37.3 Å². The van der Waals surface area contributed by atoms with Crippen molar-refractivity contribution in [1.82, 2.24) is 4.90 Å². The molecule has 2 spiro atoms. The van der Waals surface area contributed by atoms with Crippen molar-refractivity contribution in [2.24, 2.45) is 16.1 Å². The molecule has 206 valence electrons. The van der Waals surface area contributed by atoms with E-state index in [4.69, 9.17) is 35.4 Å². The van der Waals surface area contributed by atoms with E-state index in [0.29, 0.717) is 17.1 Å². The van der Waals surface area contributed by atoms with E-state index in [-0.39, 0.29) is 23.4 Å². The molecule has 3 N–H and O–H groups in total. The lowest BCUT2D eigenvalue weighted by Gasteiger charge is -2.45. The van der Waals surface area contributed by atoms with E-state index in [9.17, 15) is 18.0 Å². The fourth-order valence-electron chi connectivity index (χ4n) is 5.73. The number of nitrogens with zero attached hydrogens (tertiary/aromatic N) is 3. The number of guanidine groups is 1. The van der Waals surface area contributed by atoms with Crippen LogP contribution in [0.3, 0.4) is 0 Å². The normalized spacial score (nSPS) is 25.5. The number of nitriles is 1. The first kappa shape index (κ1) is 27.9. The van der Waals surface area contributed by atoms with E-state index >= 15 is 0 Å². The first-order valence-electron chi connectivity index (χ1n) is 12.1. The van der Waals surface area contributed by atoms with Crippen molar-refractivity contribution in [3.8, 4) is 17.6 Å². The van der Waals surface area contributed by atoms with E-state index in [1.165, 1.54) is 4.90 Å². The van der Waals surface area contributed by atoms with Gasteiger partial charge in [-0.3, -0.25) is 9.69 Å². The number of amides is 1. The van der Waals surface area contributed by atoms with Crippen LogP contribution in [0.4, 0.5) is 13.2 Å². The predicted octanol–water partition coefficient (Wildman–Crippen LogP) is 4.10. The highest BCUT2D eigenvalue weighted by molar-refractivity contribution is 6.08. The Morgan fingerprint density at radius 2 is 1.85 bits per heavy atom. The Hall–Kier alpha value is -4.11. The molecule has 2 aromatic rings. The molecule has 0 bridgehead atoms. The van der Waals surface area contributed by atoms with Gasteiger partial charge in [0.1, 0.15) is 11.5 Å². The van der Waals surface area contributed by atoms with Gasteiger partial charge in [-0.25, -0.2) is 9.79 Å². The Morgan fingerprint density at radius 1 is 1.21 bits per heavy atom. The molecule has 0 radical (unpaired) electrons. The minimum Gasteiger partial charge on any atom is -0.475 e. The van der Waals surface area contributed by atoms with E-state index < -0.39 is 17.7 Å². The minimum absolute atomic E-state index is 0.0757. The van der Waals surface area contributed by atoms with Crippen LogP contribution in [0, 0.1) is 16.7 Å². The zero-order valence-corrected chi connectivity index (χ0v) is 21.3. The van der Waals surface area contributed by atoms with E-state index in [1.54, 1.807) is 32.4 Å². The summed E-state index contributed by atoms with van der Waals surface area (Å²) in [6.07, 6.45) is -0.623. The standard InChI is InChI=1S/C25H26N4O3.C2HF3O2/c1-29-22(30)25(28-23(29)27)21-13-20(32-19-5-3-4-16(12-19)15-26)7-6-17(21)14-24(25)10-8-18(31-2)9-11-24;3-2(4,5)1(6)7/h3-7,12-13,18H,8-11,14H2,1-2H3,(H2,27,28);(H,6,7). The highest BCUT2D eigenvalue weighted by atomic mass is 19.4. The van der Waals surface area contributed by atoms with Crippen LogP contribution in [0.15, 0.2) is 47.5 Å². The molecule has 1 saturated carbocycles. The second-order valence-corrected chi connectivity index (χ2v) is 9.80. The summed E-state index contributed by atoms with van der Waals surface area (Å²) in [6.45, 7) is 0. The summed E-state index contributed by atoms with van der Waals surface area (Å²) in [5.74, 6) is -1.40. The largest absolute Gasteiger partial charge is 0.490 e. The molecule has 0 aromatic heterocycles. The molecule has 1 unspecified atom stereocenters. The number of carbonyl (C=O) groups excluding carboxylic acids is 1. The molecule has 2 aliphatic carbocycles. The Kier molecular flexibility index (Phi) is 7.32. The van der Waals surface area contributed by atoms with Crippen LogP contribution >= 0.6 is 0 Å². The van der Waals surface area contributed by atoms with Crippen molar-refractivity contribution in [3.05, 3.63) is 59.2 Å². The topological polar surface area (TPSA) is 138 Å². The highest BCUT2D eigenvalue weighted by Crippen LogP contribution is 2.62. The van der Waals surface area contributed by atoms with Crippen LogP contribution in [0.25, 0.3) is 0 Å². The molecule has 1 aliphatic heterocycles. The van der Waals surface area contributed by atoms with Crippen LogP contribution < -0.4 is 10.5 Å². The Labute approximate surface area is 222 Å². The number of aliphatic imine (C=N–C) groups is 1. The number of ether oxygens (including phenoxy) is 2. The summed E-state index contributed by atoms with van der Waals surface area (Å²) < 4.78 is 43.4. The number of aliphatic carboxylic acids is 1. The Morgan fingerprint density at radius 3 is 2.38 bits per heavy atom. The minimum atomic E-state index is -5.08. The summed E-state index contributed by atoms with van der Waals surface area (Å²) in [5.41, 5.74) is 7.34. The molecule has 1 amide bonds. The number of likely N-dealkylation sites (N-methyl/N-ethyl adjacent to an activating group) is 1. The number of fused-ring (bicyclic) bond motifs is 3. The molecule has 5 rings (SSSR count). The Balaban J connectivity index is 0.000000448. The van der Waals surface area contributed by atoms with E-state index in [0.717, 1.165) is 43.2 Å². The van der Waals surface area contributed by atoms with E-state index in [2.05, 4.69) is 6.07 Å². The average molecular weight is 545 g/mol. The molecular weight excluding hydrogens is 517 g/mol. The number of rotatable bonds is 3. The van der Waals surface area contributed by atoms with Crippen LogP contribution in [0.5, 0.6) is 11.5 Å². The summed E-state index contributed by atoms with van der Waals surface area (Å²) >= 11 is 0. The van der Waals surface area contributed by atoms with Crippen molar-refractivity contribution in [2.45, 2.75) is 49.9 Å². The Bertz CT molecular complexity index is 1360. The number of carboxylic acid groups (broad SMARTS) is 1. The number of hydrogen-bond donors (Lipinski definition) is 2. The molecule has 1 fully saturated rings. The lowest BCUT2D eigenvalue weighted by Crippen LogP contribution is -2.51. The van der Waals surface area contributed by atoms with Gasteiger partial charge in [0.05, 0.1) is 17.7 Å². The van der Waals surface area contributed by atoms with Gasteiger partial charge in [-0.1, -0.05) is 12.1 Å². The molecular formula is C27H27F3N4O5. The SMILES string of the molecule is COC1CCC2(CC1)Cc1ccc(Oc3cccc(C#N)c3)cc1C21N=C(N)N(C)C1=O.O=C(O)C(F)(F)F. The van der Waals surface area contributed by atoms with Gasteiger partial charge in [0.2, 0.25) is 0 Å². The third kappa shape index (κ3) is 4.90. The van der Waals surface area contributed by atoms with Crippen LogP contribution in [-0.4, -0.2) is 54.3 Å². The second-order valence-electron chi connectivity index (χ2n) is 9.80. The number of halogens is 3. The van der Waals surface area contributed by atoms with Crippen molar-refractivity contribution in [1.29, 1.82) is 5.26 Å². The number of carboxylic acids is 1. The van der Waals surface area contributed by atoms with Gasteiger partial charge in [0, 0.05) is 19.6 Å². The van der Waals surface area contributed by atoms with Gasteiger partial charge >= 0.3 is 12.1 Å². The lowest BCUT2D eigenvalue weighted by atomic mass is 9.61. The number of hydrogen-bond acceptors (Lipinski definition) is 7. The van der Waals surface area contributed by atoms with Gasteiger partial charge in [0.15, 0.2) is 11.5 Å². The molecule has 39 heavy (non-hydrogen) atoms. The van der Waals surface area contributed by atoms with Gasteiger partial charge in [-0.05, 0) is 73.6 Å². The lowest BCUT2D eigenvalue weighted by molar-refractivity contribution is -0.192. The summed E-state index contributed by atoms with van der Waals surface area (Å²) in [7, 11) is 3.44. The van der Waals surface area contributed by atoms with Crippen molar-refractivity contribution in [3.63, 3.8) is 0 Å². The molecule has 9 nitrogen and oxygen atoms in total. The quantitative estimate of drug-likeness (QED) is 0.593. The van der Waals surface area contributed by atoms with Gasteiger partial charge < -0.3 is 20.3 Å². The monoisotopic (exact) mass is 544 g/mol. The molecule has 3 aliphatic rings. The fourth-order valence-corrected chi connectivity index (χ4v) is 5.73. The number of carbonyl (C=O) groups is 2. The number of nitrogens with two attached hydrogens (primary N) is 1. The predicted molar refractivity (Wildman–Crippen MR) is 133 cm³/mol. The number of benzene rings is 2. The van der Waals surface area contributed by atoms with Crippen molar-refractivity contribution in [2.75, 3.05) is 14.2 Å². The summed E-state index contributed by atoms with van der Waals surface area (Å²) in [5, 5.41) is 16.3. The zero-order valence-electron chi connectivity index (χ0n) is 21.3. The first-order valence-corrected chi connectivity index (χ1v) is 12.1. The van der Waals surface area contributed by atoms with Crippen LogP contribution in [-0.2, 0) is 26.3 Å². The molecule has 2 aromatic carbocycles. The molecule has 12 heteroatoms. The molecule has 0 saturated heterocycles. The third-order valence-electron chi connectivity index (χ3n) is 7.67. The van der Waals surface area contributed by atoms with Crippen LogP contribution in [0.1, 0.15) is 42.4 Å². The molecule has 1 atom stereocenters. The smallest absolute Gasteiger partial charge is 0.475 e. The average Bonchev–Trinajstić information content (AvgIpc) is 3.30. The second kappa shape index (κ2) is 10.2. The maximum Gasteiger partial charge on any atom is 0.490 e. The zero-order chi connectivity index (χ0) is 28.6.